The highest BCUT2D eigenvalue weighted by Gasteiger charge is 2.29. The minimum Gasteiger partial charge on any atom is -0.327 e. The van der Waals surface area contributed by atoms with E-state index >= 15 is 0 Å². The number of nitrogens with two attached hydrogens (primary N) is 1. The van der Waals surface area contributed by atoms with Crippen LogP contribution in [0.2, 0.25) is 0 Å². The monoisotopic (exact) mass is 195 g/mol. The molecule has 1 heteroatoms. The highest BCUT2D eigenvalue weighted by molar-refractivity contribution is 5.06. The van der Waals surface area contributed by atoms with Crippen molar-refractivity contribution >= 4 is 0 Å². The minimum atomic E-state index is 0.536. The molecule has 1 aliphatic carbocycles. The van der Waals surface area contributed by atoms with E-state index < -0.39 is 0 Å². The number of rotatable bonds is 3. The zero-order valence-corrected chi connectivity index (χ0v) is 9.97. The van der Waals surface area contributed by atoms with Crippen molar-refractivity contribution in [3.8, 4) is 0 Å². The Morgan fingerprint density at radius 3 is 2.36 bits per heavy atom. The molecule has 0 radical (unpaired) electrons. The third-order valence-corrected chi connectivity index (χ3v) is 4.05. The van der Waals surface area contributed by atoms with Gasteiger partial charge in [-0.1, -0.05) is 38.8 Å². The van der Waals surface area contributed by atoms with Crippen molar-refractivity contribution in [2.24, 2.45) is 17.1 Å². The van der Waals surface area contributed by atoms with Gasteiger partial charge in [0.15, 0.2) is 0 Å². The number of hydrogen-bond donors (Lipinski definition) is 1. The van der Waals surface area contributed by atoms with Crippen LogP contribution in [0, 0.1) is 11.3 Å². The second-order valence-corrected chi connectivity index (χ2v) is 5.21. The van der Waals surface area contributed by atoms with Gasteiger partial charge in [0.2, 0.25) is 0 Å². The van der Waals surface area contributed by atoms with Crippen LogP contribution in [0.25, 0.3) is 0 Å². The Labute approximate surface area is 88.8 Å². The van der Waals surface area contributed by atoms with Crippen molar-refractivity contribution in [1.29, 1.82) is 0 Å². The van der Waals surface area contributed by atoms with Crippen molar-refractivity contribution in [2.75, 3.05) is 6.54 Å². The van der Waals surface area contributed by atoms with Crippen molar-refractivity contribution in [3.63, 3.8) is 0 Å². The van der Waals surface area contributed by atoms with Gasteiger partial charge in [0.25, 0.3) is 0 Å². The van der Waals surface area contributed by atoms with Gasteiger partial charge in [0, 0.05) is 6.54 Å². The summed E-state index contributed by atoms with van der Waals surface area (Å²) in [5.74, 6) is 0.919. The van der Waals surface area contributed by atoms with E-state index in [0.717, 1.165) is 12.5 Å². The van der Waals surface area contributed by atoms with Crippen LogP contribution in [0.15, 0.2) is 11.6 Å². The van der Waals surface area contributed by atoms with Gasteiger partial charge in [-0.3, -0.25) is 0 Å². The van der Waals surface area contributed by atoms with E-state index in [1.165, 1.54) is 32.1 Å². The normalized spacial score (nSPS) is 23.7. The average Bonchev–Trinajstić information content (AvgIpc) is 2.19. The Morgan fingerprint density at radius 1 is 1.36 bits per heavy atom. The zero-order chi connectivity index (χ0) is 10.6. The van der Waals surface area contributed by atoms with Crippen LogP contribution in [0.5, 0.6) is 0 Å². The Bertz CT molecular complexity index is 193. The van der Waals surface area contributed by atoms with E-state index in [0.29, 0.717) is 5.41 Å². The SMILES string of the molecule is CCC(C)(C)C1CCC(=CCN)CC1. The smallest absolute Gasteiger partial charge is 0.0109 e. The molecule has 0 saturated heterocycles. The third kappa shape index (κ3) is 2.84. The quantitative estimate of drug-likeness (QED) is 0.685. The summed E-state index contributed by atoms with van der Waals surface area (Å²) in [6, 6.07) is 0. The molecule has 0 unspecified atom stereocenters. The zero-order valence-electron chi connectivity index (χ0n) is 9.97. The fourth-order valence-electron chi connectivity index (χ4n) is 2.43. The summed E-state index contributed by atoms with van der Waals surface area (Å²) in [4.78, 5) is 0. The maximum atomic E-state index is 5.53. The maximum absolute atomic E-state index is 5.53. The average molecular weight is 195 g/mol. The van der Waals surface area contributed by atoms with Crippen molar-refractivity contribution < 1.29 is 0 Å². The number of hydrogen-bond acceptors (Lipinski definition) is 1. The Kier molecular flexibility index (Phi) is 4.18. The molecule has 0 bridgehead atoms. The standard InChI is InChI=1S/C13H25N/c1-4-13(2,3)12-7-5-11(6-8-12)9-10-14/h9,12H,4-8,10,14H2,1-3H3. The Morgan fingerprint density at radius 2 is 1.93 bits per heavy atom. The lowest BCUT2D eigenvalue weighted by atomic mass is 9.69. The van der Waals surface area contributed by atoms with Crippen molar-refractivity contribution in [2.45, 2.75) is 52.9 Å². The molecule has 1 fully saturated rings. The summed E-state index contributed by atoms with van der Waals surface area (Å²) in [7, 11) is 0. The van der Waals surface area contributed by atoms with Gasteiger partial charge < -0.3 is 5.73 Å². The maximum Gasteiger partial charge on any atom is 0.0109 e. The first kappa shape index (κ1) is 11.8. The summed E-state index contributed by atoms with van der Waals surface area (Å²) < 4.78 is 0. The van der Waals surface area contributed by atoms with Gasteiger partial charge in [0.1, 0.15) is 0 Å². The van der Waals surface area contributed by atoms with Gasteiger partial charge in [-0.05, 0) is 37.0 Å². The molecular weight excluding hydrogens is 170 g/mol. The van der Waals surface area contributed by atoms with Crippen molar-refractivity contribution in [1.82, 2.24) is 0 Å². The Balaban J connectivity index is 2.47. The van der Waals surface area contributed by atoms with Gasteiger partial charge in [-0.25, -0.2) is 0 Å². The highest BCUT2D eigenvalue weighted by atomic mass is 14.5. The van der Waals surface area contributed by atoms with Crippen LogP contribution < -0.4 is 5.73 Å². The predicted octanol–water partition coefficient (Wildman–Crippen LogP) is 3.50. The molecule has 1 nitrogen and oxygen atoms in total. The van der Waals surface area contributed by atoms with Crippen molar-refractivity contribution in [3.05, 3.63) is 11.6 Å². The molecular formula is C13H25N. The fraction of sp³-hybridized carbons (Fsp3) is 0.846. The summed E-state index contributed by atoms with van der Waals surface area (Å²) >= 11 is 0. The lowest BCUT2D eigenvalue weighted by Gasteiger charge is -2.37. The summed E-state index contributed by atoms with van der Waals surface area (Å²) in [6.07, 6.45) is 8.82. The first-order chi connectivity index (χ1) is 6.60. The van der Waals surface area contributed by atoms with E-state index in [1.54, 1.807) is 5.57 Å². The molecule has 82 valence electrons. The van der Waals surface area contributed by atoms with E-state index in [9.17, 15) is 0 Å². The summed E-state index contributed by atoms with van der Waals surface area (Å²) in [5, 5.41) is 0. The molecule has 0 amide bonds. The molecule has 0 atom stereocenters. The van der Waals surface area contributed by atoms with Crippen LogP contribution in [-0.4, -0.2) is 6.54 Å². The second-order valence-electron chi connectivity index (χ2n) is 5.21. The number of allylic oxidation sites excluding steroid dienone is 1. The van der Waals surface area contributed by atoms with Gasteiger partial charge in [-0.15, -0.1) is 0 Å². The van der Waals surface area contributed by atoms with Crippen LogP contribution in [0.1, 0.15) is 52.9 Å². The summed E-state index contributed by atoms with van der Waals surface area (Å²) in [5.41, 5.74) is 7.66. The van der Waals surface area contributed by atoms with Gasteiger partial charge >= 0.3 is 0 Å². The van der Waals surface area contributed by atoms with E-state index in [2.05, 4.69) is 26.8 Å². The van der Waals surface area contributed by atoms with E-state index in [1.807, 2.05) is 0 Å². The molecule has 0 aliphatic heterocycles. The molecule has 0 heterocycles. The second kappa shape index (κ2) is 4.97. The summed E-state index contributed by atoms with van der Waals surface area (Å²) in [6.45, 7) is 7.85. The molecule has 14 heavy (non-hydrogen) atoms. The highest BCUT2D eigenvalue weighted by Crippen LogP contribution is 2.41. The first-order valence-electron chi connectivity index (χ1n) is 5.98. The van der Waals surface area contributed by atoms with Crippen LogP contribution in [0.4, 0.5) is 0 Å². The fourth-order valence-corrected chi connectivity index (χ4v) is 2.43. The van der Waals surface area contributed by atoms with Gasteiger partial charge in [-0.2, -0.15) is 0 Å². The molecule has 1 saturated carbocycles. The van der Waals surface area contributed by atoms with Crippen LogP contribution in [-0.2, 0) is 0 Å². The molecule has 2 N–H and O–H groups in total. The van der Waals surface area contributed by atoms with Crippen LogP contribution in [0.3, 0.4) is 0 Å². The minimum absolute atomic E-state index is 0.536. The molecule has 0 aromatic rings. The first-order valence-corrected chi connectivity index (χ1v) is 5.98. The molecule has 1 rings (SSSR count). The predicted molar refractivity (Wildman–Crippen MR) is 63.2 cm³/mol. The van der Waals surface area contributed by atoms with Crippen LogP contribution >= 0.6 is 0 Å². The van der Waals surface area contributed by atoms with Gasteiger partial charge in [0.05, 0.1) is 0 Å². The molecule has 0 spiro atoms. The van der Waals surface area contributed by atoms with E-state index in [4.69, 9.17) is 5.73 Å². The lowest BCUT2D eigenvalue weighted by Crippen LogP contribution is -2.26. The molecule has 0 aromatic heterocycles. The Hall–Kier alpha value is -0.300. The lowest BCUT2D eigenvalue weighted by molar-refractivity contribution is 0.167. The third-order valence-electron chi connectivity index (χ3n) is 4.05. The largest absolute Gasteiger partial charge is 0.327 e. The topological polar surface area (TPSA) is 26.0 Å². The molecule has 0 aromatic carbocycles. The molecule has 1 aliphatic rings. The van der Waals surface area contributed by atoms with E-state index in [-0.39, 0.29) is 0 Å².